The summed E-state index contributed by atoms with van der Waals surface area (Å²) < 4.78 is 8.07. The van der Waals surface area contributed by atoms with E-state index in [-0.39, 0.29) is 23.7 Å². The molecule has 0 bridgehead atoms. The zero-order valence-corrected chi connectivity index (χ0v) is 14.8. The summed E-state index contributed by atoms with van der Waals surface area (Å²) >= 11 is 0. The van der Waals surface area contributed by atoms with Crippen LogP contribution in [0.25, 0.3) is 0 Å². The molecular formula is C20H28N2O2. The van der Waals surface area contributed by atoms with E-state index in [9.17, 15) is 4.79 Å². The first-order valence-electron chi connectivity index (χ1n) is 9.10. The van der Waals surface area contributed by atoms with Crippen molar-refractivity contribution < 1.29 is 4.74 Å². The lowest BCUT2D eigenvalue weighted by Gasteiger charge is -2.35. The first-order valence-corrected chi connectivity index (χ1v) is 9.10. The van der Waals surface area contributed by atoms with E-state index in [4.69, 9.17) is 10.5 Å². The van der Waals surface area contributed by atoms with Gasteiger partial charge in [-0.1, -0.05) is 6.07 Å². The van der Waals surface area contributed by atoms with E-state index < -0.39 is 0 Å². The minimum Gasteiger partial charge on any atom is -0.376 e. The van der Waals surface area contributed by atoms with Crippen LogP contribution in [0.1, 0.15) is 56.3 Å². The van der Waals surface area contributed by atoms with Crippen LogP contribution in [0, 0.1) is 24.7 Å². The van der Waals surface area contributed by atoms with Gasteiger partial charge in [-0.15, -0.1) is 11.8 Å². The standard InChI is InChI=1S/C20H28N2O2/c1-3-4-15-6-10-17(11-7-15)24-13-19-18(21)12-9-16-8-5-14(2)20(23)22(16)19/h5,8,15,17-19H,6-7,9-13,21H2,1-2H3. The predicted octanol–water partition coefficient (Wildman–Crippen LogP) is 2.57. The topological polar surface area (TPSA) is 57.2 Å². The summed E-state index contributed by atoms with van der Waals surface area (Å²) in [6.07, 6.45) is 6.38. The highest BCUT2D eigenvalue weighted by atomic mass is 16.5. The second-order valence-corrected chi connectivity index (χ2v) is 7.15. The molecule has 1 saturated carbocycles. The van der Waals surface area contributed by atoms with Gasteiger partial charge in [-0.3, -0.25) is 4.79 Å². The van der Waals surface area contributed by atoms with E-state index in [0.717, 1.165) is 49.8 Å². The number of pyridine rings is 1. The third-order valence-corrected chi connectivity index (χ3v) is 5.48. The summed E-state index contributed by atoms with van der Waals surface area (Å²) in [5.74, 6) is 6.82. The molecule has 4 heteroatoms. The lowest BCUT2D eigenvalue weighted by atomic mass is 9.88. The molecule has 3 rings (SSSR count). The van der Waals surface area contributed by atoms with Crippen LogP contribution in [0.15, 0.2) is 16.9 Å². The maximum atomic E-state index is 12.6. The Morgan fingerprint density at radius 1 is 1.25 bits per heavy atom. The van der Waals surface area contributed by atoms with E-state index in [1.165, 1.54) is 0 Å². The summed E-state index contributed by atoms with van der Waals surface area (Å²) in [7, 11) is 0. The number of hydrogen-bond donors (Lipinski definition) is 1. The van der Waals surface area contributed by atoms with Crippen molar-refractivity contribution >= 4 is 0 Å². The molecule has 4 nitrogen and oxygen atoms in total. The summed E-state index contributed by atoms with van der Waals surface area (Å²) in [6.45, 7) is 4.31. The van der Waals surface area contributed by atoms with Crippen LogP contribution in [0.4, 0.5) is 0 Å². The molecule has 0 spiro atoms. The van der Waals surface area contributed by atoms with Gasteiger partial charge >= 0.3 is 0 Å². The molecule has 2 aliphatic rings. The van der Waals surface area contributed by atoms with E-state index >= 15 is 0 Å². The molecule has 1 fully saturated rings. The SMILES string of the molecule is CC#CC1CCC(OCC2C(N)CCc3ccc(C)c(=O)n32)CC1. The summed E-state index contributed by atoms with van der Waals surface area (Å²) in [6, 6.07) is 3.91. The number of nitrogens with two attached hydrogens (primary N) is 1. The Morgan fingerprint density at radius 3 is 2.71 bits per heavy atom. The van der Waals surface area contributed by atoms with E-state index in [2.05, 4.69) is 17.9 Å². The fourth-order valence-electron chi connectivity index (χ4n) is 3.97. The lowest BCUT2D eigenvalue weighted by molar-refractivity contribution is -0.00190. The Morgan fingerprint density at radius 2 is 2.00 bits per heavy atom. The summed E-state index contributed by atoms with van der Waals surface area (Å²) in [5.41, 5.74) is 8.27. The van der Waals surface area contributed by atoms with Gasteiger partial charge in [0.1, 0.15) is 0 Å². The zero-order chi connectivity index (χ0) is 17.1. The fourth-order valence-corrected chi connectivity index (χ4v) is 3.97. The molecule has 1 aromatic heterocycles. The van der Waals surface area contributed by atoms with Crippen LogP contribution < -0.4 is 11.3 Å². The molecule has 2 unspecified atom stereocenters. The number of rotatable bonds is 3. The molecule has 2 atom stereocenters. The second-order valence-electron chi connectivity index (χ2n) is 7.15. The average Bonchev–Trinajstić information content (AvgIpc) is 2.59. The zero-order valence-electron chi connectivity index (χ0n) is 14.8. The number of aryl methyl sites for hydroxylation is 2. The Hall–Kier alpha value is -1.57. The van der Waals surface area contributed by atoms with Gasteiger partial charge in [0.2, 0.25) is 0 Å². The van der Waals surface area contributed by atoms with E-state index in [1.54, 1.807) is 0 Å². The minimum atomic E-state index is -0.0469. The quantitative estimate of drug-likeness (QED) is 0.868. The van der Waals surface area contributed by atoms with Crippen LogP contribution in [0.2, 0.25) is 0 Å². The van der Waals surface area contributed by atoms with Gasteiger partial charge in [0.15, 0.2) is 0 Å². The fraction of sp³-hybridized carbons (Fsp3) is 0.650. The molecule has 1 aliphatic carbocycles. The Labute approximate surface area is 144 Å². The van der Waals surface area contributed by atoms with Crippen molar-refractivity contribution in [1.29, 1.82) is 0 Å². The average molecular weight is 328 g/mol. The molecule has 0 aromatic carbocycles. The molecule has 0 saturated heterocycles. The van der Waals surface area contributed by atoms with Gasteiger partial charge in [-0.25, -0.2) is 0 Å². The van der Waals surface area contributed by atoms with Crippen molar-refractivity contribution in [2.45, 2.75) is 70.6 Å². The molecule has 1 aliphatic heterocycles. The Bertz CT molecular complexity index is 690. The van der Waals surface area contributed by atoms with Crippen molar-refractivity contribution in [3.05, 3.63) is 33.7 Å². The second kappa shape index (κ2) is 7.55. The number of fused-ring (bicyclic) bond motifs is 1. The van der Waals surface area contributed by atoms with Crippen molar-refractivity contribution in [2.24, 2.45) is 11.7 Å². The highest BCUT2D eigenvalue weighted by Crippen LogP contribution is 2.28. The Balaban J connectivity index is 1.67. The molecule has 130 valence electrons. The summed E-state index contributed by atoms with van der Waals surface area (Å²) in [5, 5.41) is 0. The molecule has 0 radical (unpaired) electrons. The first kappa shape index (κ1) is 17.3. The predicted molar refractivity (Wildman–Crippen MR) is 95.9 cm³/mol. The van der Waals surface area contributed by atoms with Gasteiger partial charge in [0.25, 0.3) is 5.56 Å². The first-order chi connectivity index (χ1) is 11.6. The van der Waals surface area contributed by atoms with Gasteiger partial charge in [0.05, 0.1) is 18.8 Å². The molecule has 1 aromatic rings. The van der Waals surface area contributed by atoms with Crippen molar-refractivity contribution in [3.63, 3.8) is 0 Å². The van der Waals surface area contributed by atoms with Crippen LogP contribution in [0.5, 0.6) is 0 Å². The van der Waals surface area contributed by atoms with Gasteiger partial charge < -0.3 is 15.0 Å². The van der Waals surface area contributed by atoms with Crippen LogP contribution in [-0.2, 0) is 11.2 Å². The van der Waals surface area contributed by atoms with Crippen LogP contribution in [0.3, 0.4) is 0 Å². The van der Waals surface area contributed by atoms with Crippen molar-refractivity contribution in [1.82, 2.24) is 4.57 Å². The number of ether oxygens (including phenoxy) is 1. The molecule has 2 heterocycles. The Kier molecular flexibility index (Phi) is 5.43. The molecule has 0 amide bonds. The maximum absolute atomic E-state index is 12.6. The molecular weight excluding hydrogens is 300 g/mol. The van der Waals surface area contributed by atoms with Gasteiger partial charge in [-0.05, 0) is 58.4 Å². The largest absolute Gasteiger partial charge is 0.376 e. The highest BCUT2D eigenvalue weighted by molar-refractivity contribution is 5.18. The third-order valence-electron chi connectivity index (χ3n) is 5.48. The van der Waals surface area contributed by atoms with Crippen molar-refractivity contribution in [3.8, 4) is 11.8 Å². The summed E-state index contributed by atoms with van der Waals surface area (Å²) in [4.78, 5) is 12.6. The van der Waals surface area contributed by atoms with E-state index in [0.29, 0.717) is 12.5 Å². The number of hydrogen-bond acceptors (Lipinski definition) is 3. The monoisotopic (exact) mass is 328 g/mol. The molecule has 24 heavy (non-hydrogen) atoms. The van der Waals surface area contributed by atoms with Gasteiger partial charge in [-0.2, -0.15) is 0 Å². The number of aromatic nitrogens is 1. The number of nitrogens with zero attached hydrogens (tertiary/aromatic N) is 1. The lowest BCUT2D eigenvalue weighted by Crippen LogP contribution is -2.46. The van der Waals surface area contributed by atoms with Crippen LogP contribution in [-0.4, -0.2) is 23.3 Å². The van der Waals surface area contributed by atoms with Crippen molar-refractivity contribution in [2.75, 3.05) is 6.61 Å². The van der Waals surface area contributed by atoms with Gasteiger partial charge in [0, 0.05) is 23.2 Å². The van der Waals surface area contributed by atoms with E-state index in [1.807, 2.05) is 24.5 Å². The van der Waals surface area contributed by atoms with Crippen LogP contribution >= 0.6 is 0 Å². The normalized spacial score (nSPS) is 29.5. The third kappa shape index (κ3) is 3.58. The highest BCUT2D eigenvalue weighted by Gasteiger charge is 2.29. The minimum absolute atomic E-state index is 0.0145. The smallest absolute Gasteiger partial charge is 0.254 e. The molecule has 2 N–H and O–H groups in total. The maximum Gasteiger partial charge on any atom is 0.254 e.